The first-order valence-corrected chi connectivity index (χ1v) is 6.91. The summed E-state index contributed by atoms with van der Waals surface area (Å²) >= 11 is 0. The van der Waals surface area contributed by atoms with Crippen LogP contribution in [0, 0.1) is 5.41 Å². The van der Waals surface area contributed by atoms with Crippen molar-refractivity contribution in [3.63, 3.8) is 0 Å². The number of nitrogens with zero attached hydrogens (tertiary/aromatic N) is 3. The SMILES string of the molecule is CC1(/C(N)=N/O)CCN(CCn2ccccc2=O)CC1. The second-order valence-corrected chi connectivity index (χ2v) is 5.62. The highest BCUT2D eigenvalue weighted by Crippen LogP contribution is 2.30. The summed E-state index contributed by atoms with van der Waals surface area (Å²) in [5.41, 5.74) is 5.57. The molecule has 1 aromatic rings. The monoisotopic (exact) mass is 278 g/mol. The van der Waals surface area contributed by atoms with Gasteiger partial charge >= 0.3 is 0 Å². The number of nitrogens with two attached hydrogens (primary N) is 1. The zero-order chi connectivity index (χ0) is 14.6. The smallest absolute Gasteiger partial charge is 0.250 e. The molecule has 6 nitrogen and oxygen atoms in total. The largest absolute Gasteiger partial charge is 0.409 e. The van der Waals surface area contributed by atoms with Crippen molar-refractivity contribution in [2.24, 2.45) is 16.3 Å². The molecule has 2 heterocycles. The Morgan fingerprint density at radius 2 is 2.10 bits per heavy atom. The summed E-state index contributed by atoms with van der Waals surface area (Å²) < 4.78 is 1.72. The molecule has 1 aliphatic heterocycles. The summed E-state index contributed by atoms with van der Waals surface area (Å²) in [5, 5.41) is 12.0. The van der Waals surface area contributed by atoms with Crippen LogP contribution in [0.25, 0.3) is 0 Å². The van der Waals surface area contributed by atoms with Gasteiger partial charge in [-0.3, -0.25) is 4.79 Å². The minimum absolute atomic E-state index is 0.0333. The van der Waals surface area contributed by atoms with Crippen LogP contribution in [-0.4, -0.2) is 40.1 Å². The Bertz CT molecular complexity index is 530. The highest BCUT2D eigenvalue weighted by molar-refractivity contribution is 5.85. The molecule has 0 bridgehead atoms. The van der Waals surface area contributed by atoms with Crippen molar-refractivity contribution in [3.05, 3.63) is 34.7 Å². The third kappa shape index (κ3) is 3.19. The van der Waals surface area contributed by atoms with E-state index in [1.54, 1.807) is 16.7 Å². The molecule has 0 spiro atoms. The molecule has 1 saturated heterocycles. The molecular weight excluding hydrogens is 256 g/mol. The minimum Gasteiger partial charge on any atom is -0.409 e. The molecule has 1 fully saturated rings. The number of likely N-dealkylation sites (tertiary alicyclic amines) is 1. The maximum atomic E-state index is 11.6. The van der Waals surface area contributed by atoms with Gasteiger partial charge in [0, 0.05) is 30.8 Å². The number of hydrogen-bond acceptors (Lipinski definition) is 4. The lowest BCUT2D eigenvalue weighted by Gasteiger charge is -2.38. The summed E-state index contributed by atoms with van der Waals surface area (Å²) in [5.74, 6) is 0.316. The normalized spacial score (nSPS) is 19.9. The van der Waals surface area contributed by atoms with E-state index in [4.69, 9.17) is 10.9 Å². The molecule has 0 unspecified atom stereocenters. The van der Waals surface area contributed by atoms with Crippen LogP contribution in [0.5, 0.6) is 0 Å². The Kier molecular flexibility index (Phi) is 4.44. The maximum absolute atomic E-state index is 11.6. The fourth-order valence-corrected chi connectivity index (χ4v) is 2.54. The first-order valence-electron chi connectivity index (χ1n) is 6.91. The predicted octanol–water partition coefficient (Wildman–Crippen LogP) is 0.697. The van der Waals surface area contributed by atoms with Gasteiger partial charge in [-0.2, -0.15) is 0 Å². The molecule has 1 aromatic heterocycles. The average molecular weight is 278 g/mol. The number of oxime groups is 1. The molecule has 6 heteroatoms. The van der Waals surface area contributed by atoms with Gasteiger partial charge in [0.2, 0.25) is 0 Å². The Balaban J connectivity index is 1.87. The lowest BCUT2D eigenvalue weighted by Crippen LogP contribution is -2.46. The van der Waals surface area contributed by atoms with Gasteiger partial charge in [0.25, 0.3) is 5.56 Å². The zero-order valence-corrected chi connectivity index (χ0v) is 11.8. The lowest BCUT2D eigenvalue weighted by atomic mass is 9.79. The lowest BCUT2D eigenvalue weighted by molar-refractivity contribution is 0.154. The van der Waals surface area contributed by atoms with Gasteiger partial charge in [-0.15, -0.1) is 0 Å². The van der Waals surface area contributed by atoms with E-state index in [2.05, 4.69) is 10.1 Å². The van der Waals surface area contributed by atoms with Crippen molar-refractivity contribution in [2.75, 3.05) is 19.6 Å². The number of hydrogen-bond donors (Lipinski definition) is 2. The minimum atomic E-state index is -0.213. The molecule has 0 amide bonds. The number of pyridine rings is 1. The summed E-state index contributed by atoms with van der Waals surface area (Å²) in [6, 6.07) is 5.20. The van der Waals surface area contributed by atoms with E-state index in [1.807, 2.05) is 19.2 Å². The van der Waals surface area contributed by atoms with Crippen molar-refractivity contribution in [3.8, 4) is 0 Å². The van der Waals surface area contributed by atoms with Crippen molar-refractivity contribution in [1.82, 2.24) is 9.47 Å². The molecule has 110 valence electrons. The second-order valence-electron chi connectivity index (χ2n) is 5.62. The second kappa shape index (κ2) is 6.09. The fourth-order valence-electron chi connectivity index (χ4n) is 2.54. The van der Waals surface area contributed by atoms with Crippen LogP contribution < -0.4 is 11.3 Å². The highest BCUT2D eigenvalue weighted by Gasteiger charge is 2.33. The molecule has 0 aromatic carbocycles. The molecule has 0 atom stereocenters. The van der Waals surface area contributed by atoms with Crippen molar-refractivity contribution < 1.29 is 5.21 Å². The van der Waals surface area contributed by atoms with Crippen LogP contribution in [0.2, 0.25) is 0 Å². The number of aromatic nitrogens is 1. The zero-order valence-electron chi connectivity index (χ0n) is 11.8. The van der Waals surface area contributed by atoms with Gasteiger partial charge in [0.1, 0.15) is 5.84 Å². The van der Waals surface area contributed by atoms with E-state index in [1.165, 1.54) is 0 Å². The van der Waals surface area contributed by atoms with Crippen LogP contribution in [0.3, 0.4) is 0 Å². The third-order valence-electron chi connectivity index (χ3n) is 4.24. The number of rotatable bonds is 4. The summed E-state index contributed by atoms with van der Waals surface area (Å²) in [4.78, 5) is 13.9. The quantitative estimate of drug-likeness (QED) is 0.367. The van der Waals surface area contributed by atoms with Gasteiger partial charge in [-0.05, 0) is 32.0 Å². The van der Waals surface area contributed by atoms with Crippen LogP contribution in [0.1, 0.15) is 19.8 Å². The van der Waals surface area contributed by atoms with E-state index in [-0.39, 0.29) is 11.0 Å². The van der Waals surface area contributed by atoms with Gasteiger partial charge in [-0.1, -0.05) is 18.1 Å². The topological polar surface area (TPSA) is 83.8 Å². The van der Waals surface area contributed by atoms with Crippen LogP contribution >= 0.6 is 0 Å². The van der Waals surface area contributed by atoms with E-state index < -0.39 is 0 Å². The van der Waals surface area contributed by atoms with Crippen molar-refractivity contribution in [2.45, 2.75) is 26.3 Å². The Morgan fingerprint density at radius 1 is 1.40 bits per heavy atom. The molecule has 2 rings (SSSR count). The van der Waals surface area contributed by atoms with Crippen molar-refractivity contribution >= 4 is 5.84 Å². The Hall–Kier alpha value is -1.82. The molecular formula is C14H22N4O2. The van der Waals surface area contributed by atoms with E-state index in [9.17, 15) is 4.79 Å². The molecule has 1 aliphatic rings. The summed E-state index contributed by atoms with van der Waals surface area (Å²) in [7, 11) is 0. The van der Waals surface area contributed by atoms with E-state index in [0.29, 0.717) is 12.4 Å². The van der Waals surface area contributed by atoms with Crippen LogP contribution in [-0.2, 0) is 6.54 Å². The first-order chi connectivity index (χ1) is 9.55. The standard InChI is InChI=1S/C14H22N4O2/c1-14(13(15)16-20)5-8-17(9-6-14)10-11-18-7-3-2-4-12(18)19/h2-4,7,20H,5-6,8-11H2,1H3,(H2,15,16). The Morgan fingerprint density at radius 3 is 2.70 bits per heavy atom. The van der Waals surface area contributed by atoms with Gasteiger partial charge < -0.3 is 20.4 Å². The van der Waals surface area contributed by atoms with E-state index >= 15 is 0 Å². The first kappa shape index (κ1) is 14.6. The number of piperidine rings is 1. The highest BCUT2D eigenvalue weighted by atomic mass is 16.4. The molecule has 0 aliphatic carbocycles. The average Bonchev–Trinajstić information content (AvgIpc) is 2.47. The molecule has 0 radical (unpaired) electrons. The van der Waals surface area contributed by atoms with Crippen LogP contribution in [0.4, 0.5) is 0 Å². The van der Waals surface area contributed by atoms with Crippen LogP contribution in [0.15, 0.2) is 34.3 Å². The molecule has 20 heavy (non-hydrogen) atoms. The summed E-state index contributed by atoms with van der Waals surface area (Å²) in [6.07, 6.45) is 3.55. The van der Waals surface area contributed by atoms with Gasteiger partial charge in [0.05, 0.1) is 0 Å². The molecule has 3 N–H and O–H groups in total. The Labute approximate surface area is 118 Å². The molecule has 0 saturated carbocycles. The van der Waals surface area contributed by atoms with E-state index in [0.717, 1.165) is 32.5 Å². The number of amidine groups is 1. The van der Waals surface area contributed by atoms with Gasteiger partial charge in [0.15, 0.2) is 0 Å². The van der Waals surface area contributed by atoms with Gasteiger partial charge in [-0.25, -0.2) is 0 Å². The fraction of sp³-hybridized carbons (Fsp3) is 0.571. The maximum Gasteiger partial charge on any atom is 0.250 e. The predicted molar refractivity (Wildman–Crippen MR) is 77.9 cm³/mol. The van der Waals surface area contributed by atoms with Crippen molar-refractivity contribution in [1.29, 1.82) is 0 Å². The summed E-state index contributed by atoms with van der Waals surface area (Å²) in [6.45, 7) is 5.36. The third-order valence-corrected chi connectivity index (χ3v) is 4.24.